The Morgan fingerprint density at radius 1 is 1.07 bits per heavy atom. The number of amides is 1. The van der Waals surface area contributed by atoms with Gasteiger partial charge in [-0.3, -0.25) is 9.69 Å². The number of nitrogens with one attached hydrogen (secondary N) is 1. The summed E-state index contributed by atoms with van der Waals surface area (Å²) < 4.78 is 52.0. The van der Waals surface area contributed by atoms with E-state index < -0.39 is 17.6 Å². The van der Waals surface area contributed by atoms with E-state index >= 15 is 0 Å². The molecule has 0 aromatic heterocycles. The van der Waals surface area contributed by atoms with Crippen LogP contribution in [-0.4, -0.2) is 55.5 Å². The fourth-order valence-electron chi connectivity index (χ4n) is 3.40. The molecule has 1 aliphatic heterocycles. The van der Waals surface area contributed by atoms with E-state index in [1.807, 2.05) is 7.05 Å². The number of carbonyl (C=O) groups is 1. The number of piperazine rings is 1. The van der Waals surface area contributed by atoms with Crippen molar-refractivity contribution in [2.45, 2.75) is 12.2 Å². The first-order valence-corrected chi connectivity index (χ1v) is 9.37. The highest BCUT2D eigenvalue weighted by molar-refractivity contribution is 5.94. The van der Waals surface area contributed by atoms with Gasteiger partial charge >= 0.3 is 6.18 Å². The molecule has 1 amide bonds. The number of rotatable bonds is 5. The van der Waals surface area contributed by atoms with Crippen LogP contribution in [0.2, 0.25) is 0 Å². The van der Waals surface area contributed by atoms with Gasteiger partial charge in [0.15, 0.2) is 0 Å². The second-order valence-corrected chi connectivity index (χ2v) is 7.20. The second-order valence-electron chi connectivity index (χ2n) is 7.20. The van der Waals surface area contributed by atoms with Gasteiger partial charge in [0, 0.05) is 38.3 Å². The number of halogens is 4. The van der Waals surface area contributed by atoms with Crippen molar-refractivity contribution in [3.63, 3.8) is 0 Å². The minimum Gasteiger partial charge on any atom is -0.350 e. The zero-order valence-electron chi connectivity index (χ0n) is 16.0. The molecule has 1 aliphatic rings. The number of carbonyl (C=O) groups excluding carboxylic acids is 1. The first-order valence-electron chi connectivity index (χ1n) is 9.37. The molecular weight excluding hydrogens is 386 g/mol. The predicted octanol–water partition coefficient (Wildman–Crippen LogP) is 3.56. The van der Waals surface area contributed by atoms with Crippen molar-refractivity contribution >= 4 is 5.91 Å². The molecule has 2 aromatic rings. The van der Waals surface area contributed by atoms with Crippen LogP contribution in [0.1, 0.15) is 27.5 Å². The molecule has 0 saturated carbocycles. The molecule has 1 heterocycles. The Morgan fingerprint density at radius 3 is 2.34 bits per heavy atom. The fourth-order valence-corrected chi connectivity index (χ4v) is 3.40. The molecule has 1 N–H and O–H groups in total. The molecule has 3 rings (SSSR count). The van der Waals surface area contributed by atoms with E-state index in [0.29, 0.717) is 0 Å². The highest BCUT2D eigenvalue weighted by atomic mass is 19.4. The lowest BCUT2D eigenvalue weighted by Crippen LogP contribution is -2.48. The maximum Gasteiger partial charge on any atom is 0.416 e. The number of benzene rings is 2. The van der Waals surface area contributed by atoms with Crippen molar-refractivity contribution in [3.05, 3.63) is 71.0 Å². The third-order valence-corrected chi connectivity index (χ3v) is 5.14. The monoisotopic (exact) mass is 409 g/mol. The zero-order valence-corrected chi connectivity index (χ0v) is 16.0. The average molecular weight is 409 g/mol. The molecule has 1 fully saturated rings. The Balaban J connectivity index is 1.74. The first-order chi connectivity index (χ1) is 13.7. The van der Waals surface area contributed by atoms with Gasteiger partial charge in [-0.05, 0) is 42.9 Å². The van der Waals surface area contributed by atoms with Crippen LogP contribution in [0.4, 0.5) is 17.6 Å². The van der Waals surface area contributed by atoms with Crippen LogP contribution in [-0.2, 0) is 6.18 Å². The predicted molar refractivity (Wildman–Crippen MR) is 102 cm³/mol. The maximum absolute atomic E-state index is 13.3. The molecule has 0 radical (unpaired) electrons. The standard InChI is InChI=1S/C21H23F4N3O/c1-27-9-11-28(12-10-27)19(15-5-7-18(22)8-6-15)14-26-20(29)16-3-2-4-17(13-16)21(23,24)25/h2-8,13,19H,9-12,14H2,1H3,(H,26,29). The van der Waals surface area contributed by atoms with Gasteiger partial charge in [-0.15, -0.1) is 0 Å². The topological polar surface area (TPSA) is 35.6 Å². The molecule has 1 atom stereocenters. The maximum atomic E-state index is 13.3. The van der Waals surface area contributed by atoms with E-state index in [1.54, 1.807) is 12.1 Å². The lowest BCUT2D eigenvalue weighted by atomic mass is 10.0. The van der Waals surface area contributed by atoms with E-state index in [2.05, 4.69) is 15.1 Å². The summed E-state index contributed by atoms with van der Waals surface area (Å²) in [6.07, 6.45) is -4.51. The van der Waals surface area contributed by atoms with Gasteiger partial charge in [-0.1, -0.05) is 18.2 Å². The Morgan fingerprint density at radius 2 is 1.72 bits per heavy atom. The van der Waals surface area contributed by atoms with Gasteiger partial charge in [0.2, 0.25) is 0 Å². The summed E-state index contributed by atoms with van der Waals surface area (Å²) in [4.78, 5) is 16.9. The van der Waals surface area contributed by atoms with Crippen molar-refractivity contribution in [1.29, 1.82) is 0 Å². The van der Waals surface area contributed by atoms with Crippen LogP contribution in [0.15, 0.2) is 48.5 Å². The Kier molecular flexibility index (Phi) is 6.54. The highest BCUT2D eigenvalue weighted by Crippen LogP contribution is 2.29. The van der Waals surface area contributed by atoms with Crippen LogP contribution < -0.4 is 5.32 Å². The SMILES string of the molecule is CN1CCN(C(CNC(=O)c2cccc(C(F)(F)F)c2)c2ccc(F)cc2)CC1. The number of nitrogens with zero attached hydrogens (tertiary/aromatic N) is 2. The quantitative estimate of drug-likeness (QED) is 0.767. The molecule has 0 spiro atoms. The van der Waals surface area contributed by atoms with Gasteiger partial charge < -0.3 is 10.2 Å². The summed E-state index contributed by atoms with van der Waals surface area (Å²) in [7, 11) is 2.03. The van der Waals surface area contributed by atoms with E-state index in [9.17, 15) is 22.4 Å². The molecule has 29 heavy (non-hydrogen) atoms. The van der Waals surface area contributed by atoms with Crippen molar-refractivity contribution < 1.29 is 22.4 Å². The Labute approximate surface area is 167 Å². The number of hydrogen-bond donors (Lipinski definition) is 1. The molecule has 1 unspecified atom stereocenters. The van der Waals surface area contributed by atoms with Crippen LogP contribution in [0, 0.1) is 5.82 Å². The molecule has 0 aliphatic carbocycles. The highest BCUT2D eigenvalue weighted by Gasteiger charge is 2.31. The van der Waals surface area contributed by atoms with Gasteiger partial charge in [-0.25, -0.2) is 4.39 Å². The molecule has 4 nitrogen and oxygen atoms in total. The second kappa shape index (κ2) is 8.92. The van der Waals surface area contributed by atoms with Crippen LogP contribution in [0.3, 0.4) is 0 Å². The number of likely N-dealkylation sites (N-methyl/N-ethyl adjacent to an activating group) is 1. The largest absolute Gasteiger partial charge is 0.416 e. The van der Waals surface area contributed by atoms with Gasteiger partial charge in [0.1, 0.15) is 5.82 Å². The van der Waals surface area contributed by atoms with Crippen LogP contribution in [0.25, 0.3) is 0 Å². The van der Waals surface area contributed by atoms with Crippen molar-refractivity contribution in [1.82, 2.24) is 15.1 Å². The molecule has 156 valence electrons. The smallest absolute Gasteiger partial charge is 0.350 e. The van der Waals surface area contributed by atoms with Crippen LogP contribution >= 0.6 is 0 Å². The summed E-state index contributed by atoms with van der Waals surface area (Å²) in [6.45, 7) is 3.49. The molecular formula is C21H23F4N3O. The van der Waals surface area contributed by atoms with E-state index in [0.717, 1.165) is 43.9 Å². The van der Waals surface area contributed by atoms with Gasteiger partial charge in [0.05, 0.1) is 11.6 Å². The van der Waals surface area contributed by atoms with E-state index in [4.69, 9.17) is 0 Å². The zero-order chi connectivity index (χ0) is 21.0. The lowest BCUT2D eigenvalue weighted by molar-refractivity contribution is -0.137. The normalized spacial score (nSPS) is 17.1. The van der Waals surface area contributed by atoms with Gasteiger partial charge in [-0.2, -0.15) is 13.2 Å². The Hall–Kier alpha value is -2.45. The molecule has 8 heteroatoms. The van der Waals surface area contributed by atoms with Crippen molar-refractivity contribution in [2.24, 2.45) is 0 Å². The van der Waals surface area contributed by atoms with Crippen molar-refractivity contribution in [2.75, 3.05) is 39.8 Å². The Bertz CT molecular complexity index is 831. The van der Waals surface area contributed by atoms with Crippen LogP contribution in [0.5, 0.6) is 0 Å². The number of hydrogen-bond acceptors (Lipinski definition) is 3. The third-order valence-electron chi connectivity index (χ3n) is 5.14. The summed E-state index contributed by atoms with van der Waals surface area (Å²) in [5.74, 6) is -0.920. The summed E-state index contributed by atoms with van der Waals surface area (Å²) in [6, 6.07) is 10.2. The average Bonchev–Trinajstić information content (AvgIpc) is 2.70. The summed E-state index contributed by atoms with van der Waals surface area (Å²) in [5, 5.41) is 2.74. The summed E-state index contributed by atoms with van der Waals surface area (Å²) in [5.41, 5.74) is -0.0596. The fraction of sp³-hybridized carbons (Fsp3) is 0.381. The first kappa shape index (κ1) is 21.3. The van der Waals surface area contributed by atoms with E-state index in [-0.39, 0.29) is 24.0 Å². The third kappa shape index (κ3) is 5.55. The van der Waals surface area contributed by atoms with E-state index in [1.165, 1.54) is 24.3 Å². The van der Waals surface area contributed by atoms with Crippen molar-refractivity contribution in [3.8, 4) is 0 Å². The molecule has 0 bridgehead atoms. The molecule has 2 aromatic carbocycles. The number of alkyl halides is 3. The minimum absolute atomic E-state index is 0.0453. The lowest BCUT2D eigenvalue weighted by Gasteiger charge is -2.38. The minimum atomic E-state index is -4.51. The summed E-state index contributed by atoms with van der Waals surface area (Å²) >= 11 is 0. The van der Waals surface area contributed by atoms with Gasteiger partial charge in [0.25, 0.3) is 5.91 Å². The molecule has 1 saturated heterocycles.